The molecule has 1 aliphatic rings. The molecule has 0 saturated carbocycles. The van der Waals surface area contributed by atoms with Crippen molar-refractivity contribution < 1.29 is 14.3 Å². The molecule has 1 unspecified atom stereocenters. The number of morpholine rings is 1. The molecule has 0 bridgehead atoms. The molecule has 23 heavy (non-hydrogen) atoms. The van der Waals surface area contributed by atoms with E-state index in [9.17, 15) is 9.59 Å². The summed E-state index contributed by atoms with van der Waals surface area (Å²) < 4.78 is 5.32. The first-order valence-electron chi connectivity index (χ1n) is 7.54. The Hall–Kier alpha value is -2.38. The van der Waals surface area contributed by atoms with Crippen LogP contribution in [0.3, 0.4) is 0 Å². The smallest absolute Gasteiger partial charge is 0.319 e. The van der Waals surface area contributed by atoms with Gasteiger partial charge in [0.15, 0.2) is 0 Å². The number of carbonyl (C=O) groups is 2. The van der Waals surface area contributed by atoms with Crippen molar-refractivity contribution in [1.29, 1.82) is 0 Å². The number of amides is 3. The number of nitrogens with one attached hydrogen (secondary N) is 4. The van der Waals surface area contributed by atoms with Crippen molar-refractivity contribution in [3.05, 3.63) is 36.9 Å². The lowest BCUT2D eigenvalue weighted by Crippen LogP contribution is -2.43. The molecule has 0 radical (unpaired) electrons. The maximum Gasteiger partial charge on any atom is 0.319 e. The number of carbonyl (C=O) groups excluding carboxylic acids is 2. The summed E-state index contributed by atoms with van der Waals surface area (Å²) in [6, 6.07) is 6.69. The number of hydrogen-bond acceptors (Lipinski definition) is 4. The Balaban J connectivity index is 1.78. The molecule has 7 heteroatoms. The van der Waals surface area contributed by atoms with Crippen molar-refractivity contribution in [3.63, 3.8) is 0 Å². The molecule has 0 aromatic heterocycles. The lowest BCUT2D eigenvalue weighted by atomic mass is 10.2. The van der Waals surface area contributed by atoms with Crippen LogP contribution in [0, 0.1) is 0 Å². The number of rotatable bonds is 6. The topological polar surface area (TPSA) is 91.5 Å². The Labute approximate surface area is 135 Å². The van der Waals surface area contributed by atoms with E-state index in [0.717, 1.165) is 6.54 Å². The summed E-state index contributed by atoms with van der Waals surface area (Å²) in [5.74, 6) is -0.0718. The molecule has 1 saturated heterocycles. The van der Waals surface area contributed by atoms with Gasteiger partial charge in [0.25, 0.3) is 0 Å². The fourth-order valence-electron chi connectivity index (χ4n) is 2.16. The fourth-order valence-corrected chi connectivity index (χ4v) is 2.16. The molecule has 1 aromatic carbocycles. The molecule has 2 rings (SSSR count). The standard InChI is InChI=1S/C16H22N4O3/c1-2-7-18-16(22)20-13-5-3-12(4-6-13)19-15(21)10-14-11-23-9-8-17-14/h2-6,14,17H,1,7-11H2,(H,19,21)(H2,18,20,22). The minimum absolute atomic E-state index is 0.0539. The van der Waals surface area contributed by atoms with E-state index in [1.165, 1.54) is 0 Å². The van der Waals surface area contributed by atoms with Gasteiger partial charge in [0, 0.05) is 36.9 Å². The minimum atomic E-state index is -0.301. The third-order valence-electron chi connectivity index (χ3n) is 3.26. The van der Waals surface area contributed by atoms with Gasteiger partial charge in [-0.25, -0.2) is 4.79 Å². The third kappa shape index (κ3) is 6.09. The van der Waals surface area contributed by atoms with E-state index in [1.807, 2.05) is 0 Å². The van der Waals surface area contributed by atoms with Gasteiger partial charge in [0.1, 0.15) is 0 Å². The monoisotopic (exact) mass is 318 g/mol. The molecule has 4 N–H and O–H groups in total. The highest BCUT2D eigenvalue weighted by Crippen LogP contribution is 2.14. The second-order valence-electron chi connectivity index (χ2n) is 5.18. The summed E-state index contributed by atoms with van der Waals surface area (Å²) in [6.45, 7) is 5.94. The van der Waals surface area contributed by atoms with E-state index in [0.29, 0.717) is 37.6 Å². The van der Waals surface area contributed by atoms with E-state index in [2.05, 4.69) is 27.8 Å². The summed E-state index contributed by atoms with van der Waals surface area (Å²) in [5, 5.41) is 11.4. The van der Waals surface area contributed by atoms with Gasteiger partial charge in [-0.15, -0.1) is 6.58 Å². The van der Waals surface area contributed by atoms with Crippen molar-refractivity contribution in [2.24, 2.45) is 0 Å². The zero-order valence-electron chi connectivity index (χ0n) is 12.9. The fraction of sp³-hybridized carbons (Fsp3) is 0.375. The van der Waals surface area contributed by atoms with Crippen molar-refractivity contribution in [1.82, 2.24) is 10.6 Å². The maximum atomic E-state index is 12.0. The van der Waals surface area contributed by atoms with Gasteiger partial charge in [-0.05, 0) is 24.3 Å². The van der Waals surface area contributed by atoms with Crippen LogP contribution < -0.4 is 21.3 Å². The average Bonchev–Trinajstić information content (AvgIpc) is 2.55. The molecule has 1 atom stereocenters. The second-order valence-corrected chi connectivity index (χ2v) is 5.18. The van der Waals surface area contributed by atoms with Gasteiger partial charge < -0.3 is 26.0 Å². The predicted molar refractivity (Wildman–Crippen MR) is 89.5 cm³/mol. The van der Waals surface area contributed by atoms with Crippen LogP contribution in [0.15, 0.2) is 36.9 Å². The first-order valence-corrected chi connectivity index (χ1v) is 7.54. The van der Waals surface area contributed by atoms with Crippen molar-refractivity contribution in [2.75, 3.05) is 36.9 Å². The van der Waals surface area contributed by atoms with Gasteiger partial charge in [0.2, 0.25) is 5.91 Å². The first-order chi connectivity index (χ1) is 11.2. The quantitative estimate of drug-likeness (QED) is 0.595. The highest BCUT2D eigenvalue weighted by molar-refractivity contribution is 5.92. The molecule has 1 heterocycles. The van der Waals surface area contributed by atoms with Gasteiger partial charge in [-0.3, -0.25) is 4.79 Å². The molecule has 0 aliphatic carbocycles. The van der Waals surface area contributed by atoms with Crippen molar-refractivity contribution in [3.8, 4) is 0 Å². The number of benzene rings is 1. The molecule has 1 fully saturated rings. The lowest BCUT2D eigenvalue weighted by molar-refractivity contribution is -0.117. The van der Waals surface area contributed by atoms with Crippen LogP contribution in [0.2, 0.25) is 0 Å². The van der Waals surface area contributed by atoms with E-state index in [1.54, 1.807) is 30.3 Å². The van der Waals surface area contributed by atoms with E-state index in [4.69, 9.17) is 4.74 Å². The Bertz CT molecular complexity index is 539. The third-order valence-corrected chi connectivity index (χ3v) is 3.26. The Kier molecular flexibility index (Phi) is 6.58. The number of hydrogen-bond donors (Lipinski definition) is 4. The molecule has 0 spiro atoms. The largest absolute Gasteiger partial charge is 0.378 e. The Morgan fingerprint density at radius 2 is 1.96 bits per heavy atom. The normalized spacial score (nSPS) is 17.1. The SMILES string of the molecule is C=CCNC(=O)Nc1ccc(NC(=O)CC2COCCN2)cc1. The maximum absolute atomic E-state index is 12.0. The van der Waals surface area contributed by atoms with E-state index < -0.39 is 0 Å². The molecule has 124 valence electrons. The molecule has 3 amide bonds. The highest BCUT2D eigenvalue weighted by Gasteiger charge is 2.16. The molecular formula is C16H22N4O3. The number of urea groups is 1. The first kappa shape index (κ1) is 17.0. The van der Waals surface area contributed by atoms with Gasteiger partial charge >= 0.3 is 6.03 Å². The Morgan fingerprint density at radius 3 is 2.57 bits per heavy atom. The average molecular weight is 318 g/mol. The number of anilines is 2. The summed E-state index contributed by atoms with van der Waals surface area (Å²) in [7, 11) is 0. The summed E-state index contributed by atoms with van der Waals surface area (Å²) >= 11 is 0. The lowest BCUT2D eigenvalue weighted by Gasteiger charge is -2.23. The van der Waals surface area contributed by atoms with E-state index >= 15 is 0 Å². The number of ether oxygens (including phenoxy) is 1. The minimum Gasteiger partial charge on any atom is -0.378 e. The van der Waals surface area contributed by atoms with E-state index in [-0.39, 0.29) is 18.0 Å². The predicted octanol–water partition coefficient (Wildman–Crippen LogP) is 1.31. The summed E-state index contributed by atoms with van der Waals surface area (Å²) in [4.78, 5) is 23.5. The zero-order valence-corrected chi connectivity index (χ0v) is 12.9. The van der Waals surface area contributed by atoms with Crippen LogP contribution in [0.1, 0.15) is 6.42 Å². The van der Waals surface area contributed by atoms with Crippen molar-refractivity contribution in [2.45, 2.75) is 12.5 Å². The van der Waals surface area contributed by atoms with Gasteiger partial charge in [-0.2, -0.15) is 0 Å². The van der Waals surface area contributed by atoms with Crippen LogP contribution in [0.25, 0.3) is 0 Å². The van der Waals surface area contributed by atoms with Crippen LogP contribution in [-0.4, -0.2) is 44.3 Å². The van der Waals surface area contributed by atoms with Crippen LogP contribution in [-0.2, 0) is 9.53 Å². The molecule has 7 nitrogen and oxygen atoms in total. The van der Waals surface area contributed by atoms with Crippen LogP contribution in [0.5, 0.6) is 0 Å². The van der Waals surface area contributed by atoms with Crippen LogP contribution >= 0.6 is 0 Å². The zero-order chi connectivity index (χ0) is 16.5. The molecule has 1 aliphatic heterocycles. The summed E-state index contributed by atoms with van der Waals surface area (Å²) in [6.07, 6.45) is 1.97. The molecular weight excluding hydrogens is 296 g/mol. The second kappa shape index (κ2) is 8.92. The van der Waals surface area contributed by atoms with Crippen molar-refractivity contribution >= 4 is 23.3 Å². The highest BCUT2D eigenvalue weighted by atomic mass is 16.5. The van der Waals surface area contributed by atoms with Gasteiger partial charge in [0.05, 0.1) is 13.2 Å². The Morgan fingerprint density at radius 1 is 1.26 bits per heavy atom. The van der Waals surface area contributed by atoms with Gasteiger partial charge in [-0.1, -0.05) is 6.08 Å². The molecule has 1 aromatic rings. The van der Waals surface area contributed by atoms with Crippen LogP contribution in [0.4, 0.5) is 16.2 Å². The summed E-state index contributed by atoms with van der Waals surface area (Å²) in [5.41, 5.74) is 1.33.